The molecule has 90 valence electrons. The molecule has 4 nitrogen and oxygen atoms in total. The molecule has 0 saturated carbocycles. The highest BCUT2D eigenvalue weighted by Gasteiger charge is 2.17. The van der Waals surface area contributed by atoms with Crippen molar-refractivity contribution >= 4 is 5.78 Å². The van der Waals surface area contributed by atoms with Crippen LogP contribution in [0.5, 0.6) is 0 Å². The third-order valence-corrected chi connectivity index (χ3v) is 3.09. The lowest BCUT2D eigenvalue weighted by molar-refractivity contribution is -0.117. The number of hydrogen-bond acceptors (Lipinski definition) is 4. The Hall–Kier alpha value is -0.870. The summed E-state index contributed by atoms with van der Waals surface area (Å²) in [5, 5.41) is 3.34. The van der Waals surface area contributed by atoms with Crippen molar-refractivity contribution in [3.63, 3.8) is 0 Å². The van der Waals surface area contributed by atoms with Gasteiger partial charge in [0.15, 0.2) is 5.78 Å². The Kier molecular flexibility index (Phi) is 4.36. The van der Waals surface area contributed by atoms with Gasteiger partial charge >= 0.3 is 0 Å². The van der Waals surface area contributed by atoms with Crippen LogP contribution in [-0.2, 0) is 9.53 Å². The van der Waals surface area contributed by atoms with Gasteiger partial charge in [0.2, 0.25) is 0 Å². The van der Waals surface area contributed by atoms with Crippen LogP contribution in [0.2, 0.25) is 0 Å². The van der Waals surface area contributed by atoms with Crippen LogP contribution in [0.4, 0.5) is 0 Å². The summed E-state index contributed by atoms with van der Waals surface area (Å²) in [5.74, 6) is 0.238. The Morgan fingerprint density at radius 2 is 2.31 bits per heavy atom. The fourth-order valence-corrected chi connectivity index (χ4v) is 2.13. The van der Waals surface area contributed by atoms with E-state index >= 15 is 0 Å². The minimum Gasteiger partial charge on any atom is -0.501 e. The predicted octanol–water partition coefficient (Wildman–Crippen LogP) is 0.545. The molecule has 1 saturated heterocycles. The van der Waals surface area contributed by atoms with Gasteiger partial charge in [0.25, 0.3) is 0 Å². The topological polar surface area (TPSA) is 41.6 Å². The number of carbonyl (C=O) groups excluding carboxylic acids is 1. The first kappa shape index (κ1) is 11.6. The molecule has 0 aliphatic carbocycles. The highest BCUT2D eigenvalue weighted by molar-refractivity contribution is 5.96. The minimum atomic E-state index is 0.238. The van der Waals surface area contributed by atoms with Crippen molar-refractivity contribution in [3.8, 4) is 0 Å². The van der Waals surface area contributed by atoms with Gasteiger partial charge in [-0.25, -0.2) is 0 Å². The van der Waals surface area contributed by atoms with E-state index in [2.05, 4.69) is 10.2 Å². The summed E-state index contributed by atoms with van der Waals surface area (Å²) in [6, 6.07) is 0. The van der Waals surface area contributed by atoms with Gasteiger partial charge in [-0.15, -0.1) is 0 Å². The summed E-state index contributed by atoms with van der Waals surface area (Å²) in [5.41, 5.74) is 0.864. The Morgan fingerprint density at radius 1 is 1.38 bits per heavy atom. The van der Waals surface area contributed by atoms with Crippen LogP contribution in [0.15, 0.2) is 11.8 Å². The number of nitrogens with one attached hydrogen (secondary N) is 1. The molecule has 2 aliphatic heterocycles. The zero-order valence-electron chi connectivity index (χ0n) is 9.71. The third kappa shape index (κ3) is 3.32. The fraction of sp³-hybridized carbons (Fsp3) is 0.750. The summed E-state index contributed by atoms with van der Waals surface area (Å²) < 4.78 is 5.20. The number of ketones is 1. The highest BCUT2D eigenvalue weighted by Crippen LogP contribution is 2.13. The molecule has 4 heteroatoms. The van der Waals surface area contributed by atoms with Crippen LogP contribution < -0.4 is 5.32 Å². The number of rotatable bonds is 3. The van der Waals surface area contributed by atoms with E-state index in [0.717, 1.165) is 57.6 Å². The third-order valence-electron chi connectivity index (χ3n) is 3.09. The molecule has 1 N–H and O–H groups in total. The number of nitrogens with zero attached hydrogens (tertiary/aromatic N) is 1. The second-order valence-corrected chi connectivity index (χ2v) is 4.42. The largest absolute Gasteiger partial charge is 0.501 e. The maximum absolute atomic E-state index is 12.0. The van der Waals surface area contributed by atoms with Crippen LogP contribution >= 0.6 is 0 Å². The molecule has 2 heterocycles. The van der Waals surface area contributed by atoms with E-state index in [9.17, 15) is 4.79 Å². The monoisotopic (exact) mass is 224 g/mol. The van der Waals surface area contributed by atoms with Crippen molar-refractivity contribution in [1.29, 1.82) is 0 Å². The summed E-state index contributed by atoms with van der Waals surface area (Å²) >= 11 is 0. The van der Waals surface area contributed by atoms with Gasteiger partial charge in [-0.05, 0) is 32.4 Å². The Bertz CT molecular complexity index is 268. The van der Waals surface area contributed by atoms with Crippen LogP contribution in [-0.4, -0.2) is 50.0 Å². The van der Waals surface area contributed by atoms with Crippen LogP contribution in [0, 0.1) is 0 Å². The van der Waals surface area contributed by atoms with Gasteiger partial charge in [0.05, 0.1) is 19.4 Å². The molecule has 0 aromatic rings. The molecule has 0 amide bonds. The molecule has 0 aromatic carbocycles. The van der Waals surface area contributed by atoms with Crippen LogP contribution in [0.3, 0.4) is 0 Å². The second kappa shape index (κ2) is 6.01. The zero-order chi connectivity index (χ0) is 11.2. The molecule has 2 aliphatic rings. The molecular formula is C12H20N2O2. The van der Waals surface area contributed by atoms with E-state index in [1.165, 1.54) is 0 Å². The van der Waals surface area contributed by atoms with Gasteiger partial charge in [-0.2, -0.15) is 0 Å². The number of ether oxygens (including phenoxy) is 1. The average Bonchev–Trinajstić information content (AvgIpc) is 2.59. The van der Waals surface area contributed by atoms with E-state index in [4.69, 9.17) is 4.74 Å². The Morgan fingerprint density at radius 3 is 3.12 bits per heavy atom. The zero-order valence-corrected chi connectivity index (χ0v) is 9.71. The fourth-order valence-electron chi connectivity index (χ4n) is 2.13. The molecule has 1 fully saturated rings. The summed E-state index contributed by atoms with van der Waals surface area (Å²) in [7, 11) is 0. The van der Waals surface area contributed by atoms with E-state index in [-0.39, 0.29) is 5.78 Å². The second-order valence-electron chi connectivity index (χ2n) is 4.42. The van der Waals surface area contributed by atoms with Crippen LogP contribution in [0.1, 0.15) is 19.3 Å². The van der Waals surface area contributed by atoms with Crippen molar-refractivity contribution in [2.45, 2.75) is 19.3 Å². The van der Waals surface area contributed by atoms with E-state index in [0.29, 0.717) is 6.54 Å². The minimum absolute atomic E-state index is 0.238. The van der Waals surface area contributed by atoms with Crippen molar-refractivity contribution in [2.75, 3.05) is 39.3 Å². The molecule has 2 rings (SSSR count). The molecule has 16 heavy (non-hydrogen) atoms. The Labute approximate surface area is 96.6 Å². The number of Topliss-reactive ketones (excluding diaryl/α,β-unsaturated/α-hetero) is 1. The lowest BCUT2D eigenvalue weighted by Gasteiger charge is -2.20. The maximum atomic E-state index is 12.0. The van der Waals surface area contributed by atoms with Gasteiger partial charge in [0.1, 0.15) is 0 Å². The lowest BCUT2D eigenvalue weighted by atomic mass is 10.1. The quantitative estimate of drug-likeness (QED) is 0.760. The van der Waals surface area contributed by atoms with Crippen molar-refractivity contribution in [1.82, 2.24) is 10.2 Å². The van der Waals surface area contributed by atoms with Gasteiger partial charge in [-0.1, -0.05) is 0 Å². The normalized spacial score (nSPS) is 23.1. The lowest BCUT2D eigenvalue weighted by Crippen LogP contribution is -2.34. The highest BCUT2D eigenvalue weighted by atomic mass is 16.5. The number of hydrogen-bond donors (Lipinski definition) is 1. The molecule has 0 bridgehead atoms. The van der Waals surface area contributed by atoms with Crippen LogP contribution in [0.25, 0.3) is 0 Å². The predicted molar refractivity (Wildman–Crippen MR) is 62.2 cm³/mol. The number of carbonyl (C=O) groups is 1. The standard InChI is InChI=1S/C12H20N2O2/c15-12(11-3-1-8-16-10-11)9-14-6-2-4-13-5-7-14/h10,13H,1-9H2. The van der Waals surface area contributed by atoms with Gasteiger partial charge < -0.3 is 10.1 Å². The SMILES string of the molecule is O=C(CN1CCCNCC1)C1=COCCC1. The molecule has 0 aromatic heterocycles. The van der Waals surface area contributed by atoms with Gasteiger partial charge in [0, 0.05) is 18.7 Å². The first-order valence-corrected chi connectivity index (χ1v) is 6.13. The first-order chi connectivity index (χ1) is 7.86. The first-order valence-electron chi connectivity index (χ1n) is 6.13. The van der Waals surface area contributed by atoms with Crippen molar-refractivity contribution < 1.29 is 9.53 Å². The van der Waals surface area contributed by atoms with Crippen molar-refractivity contribution in [3.05, 3.63) is 11.8 Å². The smallest absolute Gasteiger partial charge is 0.175 e. The molecular weight excluding hydrogens is 204 g/mol. The summed E-state index contributed by atoms with van der Waals surface area (Å²) in [6.45, 7) is 5.35. The van der Waals surface area contributed by atoms with E-state index in [1.807, 2.05) is 0 Å². The van der Waals surface area contributed by atoms with E-state index < -0.39 is 0 Å². The average molecular weight is 224 g/mol. The van der Waals surface area contributed by atoms with Gasteiger partial charge in [-0.3, -0.25) is 9.69 Å². The molecule has 0 radical (unpaired) electrons. The molecule has 0 unspecified atom stereocenters. The summed E-state index contributed by atoms with van der Waals surface area (Å²) in [4.78, 5) is 14.2. The van der Waals surface area contributed by atoms with Crippen molar-refractivity contribution in [2.24, 2.45) is 0 Å². The Balaban J connectivity index is 1.83. The molecule has 0 atom stereocenters. The summed E-state index contributed by atoms with van der Waals surface area (Å²) in [6.07, 6.45) is 4.63. The maximum Gasteiger partial charge on any atom is 0.175 e. The van der Waals surface area contributed by atoms with E-state index in [1.54, 1.807) is 6.26 Å². The molecule has 0 spiro atoms.